The lowest BCUT2D eigenvalue weighted by Crippen LogP contribution is -1.90. The van der Waals surface area contributed by atoms with Crippen LogP contribution < -0.4 is 0 Å². The van der Waals surface area contributed by atoms with Crippen LogP contribution >= 0.6 is 0 Å². The molecule has 2 heteroatoms. The molecule has 0 heterocycles. The molecular formula is C23H39NO. The zero-order chi connectivity index (χ0) is 19.5. The first-order valence-electron chi connectivity index (χ1n) is 8.45. The molecule has 0 atom stereocenters. The van der Waals surface area contributed by atoms with E-state index < -0.39 is 0 Å². The Labute approximate surface area is 157 Å². The number of hydrogen-bond donors (Lipinski definition) is 0. The van der Waals surface area contributed by atoms with Crippen molar-refractivity contribution < 1.29 is 4.79 Å². The van der Waals surface area contributed by atoms with Crippen molar-refractivity contribution in [3.63, 3.8) is 0 Å². The molecule has 0 unspecified atom stereocenters. The molecule has 0 fully saturated rings. The quantitative estimate of drug-likeness (QED) is 0.313. The molecule has 0 aliphatic rings. The van der Waals surface area contributed by atoms with Crippen LogP contribution in [-0.2, 0) is 0 Å². The number of carbonyl (C=O) groups excluding carboxylic acids is 1. The number of Topliss-reactive ketones (excluding diaryl/α,β-unsaturated/α-hetero) is 1. The molecule has 25 heavy (non-hydrogen) atoms. The molecule has 0 spiro atoms. The summed E-state index contributed by atoms with van der Waals surface area (Å²) in [4.78, 5) is 14.5. The molecule has 0 N–H and O–H groups in total. The van der Waals surface area contributed by atoms with Crippen LogP contribution in [0.4, 0.5) is 0 Å². The Morgan fingerprint density at radius 3 is 1.76 bits per heavy atom. The van der Waals surface area contributed by atoms with E-state index in [1.807, 2.05) is 91.0 Å². The number of ketones is 1. The molecule has 0 saturated carbocycles. The van der Waals surface area contributed by atoms with Gasteiger partial charge in [0.2, 0.25) is 0 Å². The summed E-state index contributed by atoms with van der Waals surface area (Å²) in [7, 11) is 0. The number of aliphatic imine (C=N–C) groups is 1. The molecule has 0 aliphatic carbocycles. The standard InChI is InChI=1S/C9H13N.C9H10O.2C2H6.CH4/c1-5-6-7-9(10-4)8(2)3;1-7-3-5-9(6-4-7)8(2)10;2*1-2;/h5-7H,2,4H2,1,3H3;3-6H,1-2H3;2*1-2H3;1H4/b6-5-,9-7-;;;;. The van der Waals surface area contributed by atoms with Crippen molar-refractivity contribution >= 4 is 12.5 Å². The van der Waals surface area contributed by atoms with Crippen LogP contribution in [0.25, 0.3) is 0 Å². The molecule has 2 nitrogen and oxygen atoms in total. The summed E-state index contributed by atoms with van der Waals surface area (Å²) in [5.41, 5.74) is 3.75. The fourth-order valence-corrected chi connectivity index (χ4v) is 1.31. The summed E-state index contributed by atoms with van der Waals surface area (Å²) in [6.45, 7) is 22.6. The van der Waals surface area contributed by atoms with E-state index >= 15 is 0 Å². The van der Waals surface area contributed by atoms with E-state index in [0.717, 1.165) is 16.8 Å². The smallest absolute Gasteiger partial charge is 0.159 e. The maximum Gasteiger partial charge on any atom is 0.159 e. The van der Waals surface area contributed by atoms with Crippen LogP contribution in [-0.4, -0.2) is 12.5 Å². The Hall–Kier alpha value is -2.22. The van der Waals surface area contributed by atoms with Gasteiger partial charge in [0.15, 0.2) is 5.78 Å². The molecule has 0 saturated heterocycles. The Morgan fingerprint density at radius 1 is 1.04 bits per heavy atom. The summed E-state index contributed by atoms with van der Waals surface area (Å²) in [5, 5.41) is 0. The lowest BCUT2D eigenvalue weighted by atomic mass is 10.1. The van der Waals surface area contributed by atoms with Crippen LogP contribution in [0.15, 0.2) is 65.3 Å². The summed E-state index contributed by atoms with van der Waals surface area (Å²) < 4.78 is 0. The fraction of sp³-hybridized carbons (Fsp3) is 0.391. The molecule has 0 amide bonds. The Balaban J connectivity index is -0.000000142. The number of hydrogen-bond acceptors (Lipinski definition) is 2. The third-order valence-corrected chi connectivity index (χ3v) is 2.51. The van der Waals surface area contributed by atoms with Gasteiger partial charge in [-0.15, -0.1) is 0 Å². The van der Waals surface area contributed by atoms with E-state index in [2.05, 4.69) is 18.3 Å². The van der Waals surface area contributed by atoms with Crippen LogP contribution in [0.1, 0.15) is 71.8 Å². The van der Waals surface area contributed by atoms with Crippen molar-refractivity contribution in [3.8, 4) is 0 Å². The maximum atomic E-state index is 10.8. The van der Waals surface area contributed by atoms with Gasteiger partial charge in [-0.25, -0.2) is 0 Å². The van der Waals surface area contributed by atoms with E-state index in [4.69, 9.17) is 0 Å². The van der Waals surface area contributed by atoms with Crippen molar-refractivity contribution in [2.75, 3.05) is 0 Å². The first kappa shape index (κ1) is 30.6. The number of aryl methyl sites for hydroxylation is 1. The zero-order valence-corrected chi connectivity index (χ0v) is 16.8. The predicted octanol–water partition coefficient (Wildman–Crippen LogP) is 7.61. The van der Waals surface area contributed by atoms with Crippen molar-refractivity contribution in [1.82, 2.24) is 0 Å². The Kier molecular flexibility index (Phi) is 26.7. The molecule has 1 aromatic rings. The normalized spacial score (nSPS) is 9.04. The minimum atomic E-state index is 0. The second-order valence-corrected chi connectivity index (χ2v) is 4.44. The van der Waals surface area contributed by atoms with E-state index in [-0.39, 0.29) is 13.2 Å². The summed E-state index contributed by atoms with van der Waals surface area (Å²) in [6, 6.07) is 7.57. The van der Waals surface area contributed by atoms with Crippen molar-refractivity contribution in [3.05, 3.63) is 71.5 Å². The molecule has 0 aromatic heterocycles. The largest absolute Gasteiger partial charge is 0.295 e. The Bertz CT molecular complexity index is 520. The highest BCUT2D eigenvalue weighted by molar-refractivity contribution is 5.93. The zero-order valence-electron chi connectivity index (χ0n) is 16.8. The van der Waals surface area contributed by atoms with Gasteiger partial charge in [-0.05, 0) is 46.1 Å². The maximum absolute atomic E-state index is 10.8. The molecule has 1 rings (SSSR count). The van der Waals surface area contributed by atoms with Gasteiger partial charge in [0.25, 0.3) is 0 Å². The van der Waals surface area contributed by atoms with E-state index in [1.54, 1.807) is 6.92 Å². The average Bonchev–Trinajstić information content (AvgIpc) is 2.60. The van der Waals surface area contributed by atoms with Crippen LogP contribution in [0.5, 0.6) is 0 Å². The molecule has 142 valence electrons. The van der Waals surface area contributed by atoms with Gasteiger partial charge in [-0.3, -0.25) is 9.79 Å². The van der Waals surface area contributed by atoms with Crippen molar-refractivity contribution in [2.45, 2.75) is 62.8 Å². The second kappa shape index (κ2) is 21.8. The van der Waals surface area contributed by atoms with Gasteiger partial charge < -0.3 is 0 Å². The summed E-state index contributed by atoms with van der Waals surface area (Å²) in [6.07, 6.45) is 5.74. The van der Waals surface area contributed by atoms with Gasteiger partial charge in [-0.2, -0.15) is 0 Å². The number of allylic oxidation sites excluding steroid dienone is 4. The summed E-state index contributed by atoms with van der Waals surface area (Å²) >= 11 is 0. The molecule has 1 aromatic carbocycles. The third-order valence-electron chi connectivity index (χ3n) is 2.51. The minimum absolute atomic E-state index is 0. The second-order valence-electron chi connectivity index (χ2n) is 4.44. The van der Waals surface area contributed by atoms with Crippen LogP contribution in [0.3, 0.4) is 0 Å². The average molecular weight is 346 g/mol. The van der Waals surface area contributed by atoms with Crippen LogP contribution in [0, 0.1) is 6.92 Å². The minimum Gasteiger partial charge on any atom is -0.295 e. The molecule has 0 bridgehead atoms. The monoisotopic (exact) mass is 345 g/mol. The SMILES string of the molecule is C.C=N/C(=C\C=C/C)C(=C)C.CC.CC.CC(=O)c1ccc(C)cc1. The topological polar surface area (TPSA) is 29.4 Å². The van der Waals surface area contributed by atoms with E-state index in [0.29, 0.717) is 0 Å². The highest BCUT2D eigenvalue weighted by Gasteiger charge is 1.95. The molecular weight excluding hydrogens is 306 g/mol. The fourth-order valence-electron chi connectivity index (χ4n) is 1.31. The van der Waals surface area contributed by atoms with Gasteiger partial charge >= 0.3 is 0 Å². The van der Waals surface area contributed by atoms with E-state index in [1.165, 1.54) is 5.56 Å². The van der Waals surface area contributed by atoms with Gasteiger partial charge in [0.1, 0.15) is 0 Å². The Morgan fingerprint density at radius 2 is 1.48 bits per heavy atom. The van der Waals surface area contributed by atoms with E-state index in [9.17, 15) is 4.79 Å². The van der Waals surface area contributed by atoms with Gasteiger partial charge in [0.05, 0.1) is 5.70 Å². The lowest BCUT2D eigenvalue weighted by molar-refractivity contribution is 0.101. The first-order chi connectivity index (χ1) is 11.4. The highest BCUT2D eigenvalue weighted by atomic mass is 16.1. The number of rotatable bonds is 4. The van der Waals surface area contributed by atoms with Gasteiger partial charge in [0, 0.05) is 5.56 Å². The van der Waals surface area contributed by atoms with Crippen LogP contribution in [0.2, 0.25) is 0 Å². The van der Waals surface area contributed by atoms with Gasteiger partial charge in [-0.1, -0.05) is 83.7 Å². The van der Waals surface area contributed by atoms with Crippen molar-refractivity contribution in [1.29, 1.82) is 0 Å². The molecule has 0 aliphatic heterocycles. The van der Waals surface area contributed by atoms with Crippen molar-refractivity contribution in [2.24, 2.45) is 4.99 Å². The molecule has 0 radical (unpaired) electrons. The lowest BCUT2D eigenvalue weighted by Gasteiger charge is -1.94. The third kappa shape index (κ3) is 18.0. The predicted molar refractivity (Wildman–Crippen MR) is 118 cm³/mol. The number of carbonyl (C=O) groups is 1. The highest BCUT2D eigenvalue weighted by Crippen LogP contribution is 2.06. The summed E-state index contributed by atoms with van der Waals surface area (Å²) in [5.74, 6) is 0.125. The number of nitrogens with zero attached hydrogens (tertiary/aromatic N) is 1. The number of benzene rings is 1. The first-order valence-corrected chi connectivity index (χ1v) is 8.45.